The third-order valence-electron chi connectivity index (χ3n) is 2.49. The number of ether oxygens (including phenoxy) is 1. The molecule has 0 aromatic heterocycles. The Balaban J connectivity index is 1.98. The molecule has 8 heteroatoms. The highest BCUT2D eigenvalue weighted by molar-refractivity contribution is 7.93. The van der Waals surface area contributed by atoms with E-state index in [0.717, 1.165) is 11.6 Å². The molecule has 2 aliphatic rings. The molecule has 1 saturated heterocycles. The first kappa shape index (κ1) is 11.6. The van der Waals surface area contributed by atoms with E-state index in [1.54, 1.807) is 0 Å². The van der Waals surface area contributed by atoms with Crippen LogP contribution in [0, 0.1) is 0 Å². The van der Waals surface area contributed by atoms with E-state index in [1.165, 1.54) is 0 Å². The molecule has 0 bridgehead atoms. The number of sulfone groups is 1. The van der Waals surface area contributed by atoms with Gasteiger partial charge in [0.15, 0.2) is 15.6 Å². The number of sulfonamides is 1. The fourth-order valence-electron chi connectivity index (χ4n) is 1.64. The van der Waals surface area contributed by atoms with E-state index in [9.17, 15) is 16.8 Å². The van der Waals surface area contributed by atoms with Gasteiger partial charge in [0.25, 0.3) is 10.0 Å². The van der Waals surface area contributed by atoms with Crippen molar-refractivity contribution >= 4 is 26.1 Å². The lowest BCUT2D eigenvalue weighted by Crippen LogP contribution is -2.21. The van der Waals surface area contributed by atoms with Gasteiger partial charge < -0.3 is 4.74 Å². The van der Waals surface area contributed by atoms with Crippen molar-refractivity contribution in [3.63, 3.8) is 0 Å². The second kappa shape index (κ2) is 3.85. The highest BCUT2D eigenvalue weighted by Gasteiger charge is 2.32. The van der Waals surface area contributed by atoms with E-state index in [4.69, 9.17) is 4.74 Å². The summed E-state index contributed by atoms with van der Waals surface area (Å²) < 4.78 is 53.0. The summed E-state index contributed by atoms with van der Waals surface area (Å²) in [5.74, 6) is 0.286. The molecule has 1 unspecified atom stereocenters. The zero-order valence-corrected chi connectivity index (χ0v) is 10.00. The van der Waals surface area contributed by atoms with Crippen LogP contribution in [0.1, 0.15) is 12.8 Å². The Morgan fingerprint density at radius 2 is 2.12 bits per heavy atom. The lowest BCUT2D eigenvalue weighted by atomic mass is 10.3. The van der Waals surface area contributed by atoms with Gasteiger partial charge in [0, 0.05) is 0 Å². The van der Waals surface area contributed by atoms with Crippen molar-refractivity contribution in [2.24, 2.45) is 4.40 Å². The summed E-state index contributed by atoms with van der Waals surface area (Å²) in [6, 6.07) is 0. The zero-order valence-electron chi connectivity index (χ0n) is 8.37. The van der Waals surface area contributed by atoms with Crippen molar-refractivity contribution in [3.8, 4) is 0 Å². The van der Waals surface area contributed by atoms with Crippen molar-refractivity contribution in [2.75, 3.05) is 12.4 Å². The van der Waals surface area contributed by atoms with Crippen LogP contribution in [0.3, 0.4) is 0 Å². The highest BCUT2D eigenvalue weighted by Crippen LogP contribution is 2.21. The summed E-state index contributed by atoms with van der Waals surface area (Å²) in [6.45, 7) is -0.00426. The van der Waals surface area contributed by atoms with Gasteiger partial charge in [-0.2, -0.15) is 12.8 Å². The zero-order chi connectivity index (χ0) is 11.8. The molecule has 0 amide bonds. The first-order valence-electron chi connectivity index (χ1n) is 4.75. The minimum absolute atomic E-state index is 0.00426. The highest BCUT2D eigenvalue weighted by atomic mass is 32.2. The monoisotopic (exact) mass is 265 g/mol. The summed E-state index contributed by atoms with van der Waals surface area (Å²) >= 11 is 0. The standard InChI is InChI=1S/C8H11NO5S2/c10-15(11)3-1-2-8(15)5-14-7-4-9-16(12,13)6-7/h4,6,8H,1-3,5H2. The van der Waals surface area contributed by atoms with Gasteiger partial charge in [0.05, 0.1) is 22.6 Å². The molecule has 90 valence electrons. The van der Waals surface area contributed by atoms with E-state index in [1.807, 2.05) is 0 Å². The molecule has 0 aromatic rings. The van der Waals surface area contributed by atoms with Gasteiger partial charge in [-0.1, -0.05) is 0 Å². The second-order valence-corrected chi connectivity index (χ2v) is 7.59. The molecule has 0 N–H and O–H groups in total. The molecule has 0 radical (unpaired) electrons. The Bertz CT molecular complexity index is 543. The van der Waals surface area contributed by atoms with Gasteiger partial charge >= 0.3 is 0 Å². The fraction of sp³-hybridized carbons (Fsp3) is 0.625. The number of allylic oxidation sites excluding steroid dienone is 1. The molecule has 2 heterocycles. The van der Waals surface area contributed by atoms with Crippen LogP contribution < -0.4 is 0 Å². The Kier molecular flexibility index (Phi) is 2.79. The minimum Gasteiger partial charge on any atom is -0.490 e. The van der Waals surface area contributed by atoms with Crippen molar-refractivity contribution in [1.82, 2.24) is 0 Å². The van der Waals surface area contributed by atoms with Crippen LogP contribution in [-0.4, -0.2) is 40.7 Å². The Labute approximate surface area is 94.0 Å². The van der Waals surface area contributed by atoms with Crippen LogP contribution >= 0.6 is 0 Å². The first-order valence-corrected chi connectivity index (χ1v) is 7.97. The molecule has 2 aliphatic heterocycles. The maximum absolute atomic E-state index is 11.4. The minimum atomic E-state index is -3.54. The van der Waals surface area contributed by atoms with Crippen LogP contribution in [0.15, 0.2) is 15.6 Å². The van der Waals surface area contributed by atoms with E-state index in [2.05, 4.69) is 4.40 Å². The molecule has 0 aliphatic carbocycles. The topological polar surface area (TPSA) is 89.9 Å². The number of rotatable bonds is 3. The van der Waals surface area contributed by atoms with Crippen molar-refractivity contribution < 1.29 is 21.6 Å². The van der Waals surface area contributed by atoms with Crippen LogP contribution in [0.2, 0.25) is 0 Å². The van der Waals surface area contributed by atoms with E-state index >= 15 is 0 Å². The average molecular weight is 265 g/mol. The molecule has 1 atom stereocenters. The third kappa shape index (κ3) is 2.43. The summed E-state index contributed by atoms with van der Waals surface area (Å²) in [7, 11) is -6.59. The van der Waals surface area contributed by atoms with E-state index < -0.39 is 25.1 Å². The predicted molar refractivity (Wildman–Crippen MR) is 58.3 cm³/mol. The lowest BCUT2D eigenvalue weighted by Gasteiger charge is -2.09. The molecule has 1 fully saturated rings. The summed E-state index contributed by atoms with van der Waals surface area (Å²) in [4.78, 5) is 0. The third-order valence-corrected chi connectivity index (χ3v) is 5.67. The molecule has 0 saturated carbocycles. The SMILES string of the molecule is O=S1(=O)C=C(OCC2CCCS2(=O)=O)C=N1. The quantitative estimate of drug-likeness (QED) is 0.707. The van der Waals surface area contributed by atoms with Gasteiger partial charge in [-0.25, -0.2) is 8.42 Å². The molecular formula is C8H11NO5S2. The number of hydrogen-bond acceptors (Lipinski definition) is 5. The second-order valence-electron chi connectivity index (χ2n) is 3.71. The van der Waals surface area contributed by atoms with Gasteiger partial charge in [-0.15, -0.1) is 0 Å². The van der Waals surface area contributed by atoms with Crippen molar-refractivity contribution in [2.45, 2.75) is 18.1 Å². The number of hydrogen-bond donors (Lipinski definition) is 0. The average Bonchev–Trinajstić information content (AvgIpc) is 2.66. The molecule has 16 heavy (non-hydrogen) atoms. The van der Waals surface area contributed by atoms with Crippen LogP contribution in [-0.2, 0) is 24.6 Å². The largest absolute Gasteiger partial charge is 0.490 e. The van der Waals surface area contributed by atoms with Crippen molar-refractivity contribution in [3.05, 3.63) is 11.2 Å². The Morgan fingerprint density at radius 3 is 2.62 bits per heavy atom. The van der Waals surface area contributed by atoms with Crippen LogP contribution in [0.25, 0.3) is 0 Å². The first-order chi connectivity index (χ1) is 7.39. The predicted octanol–water partition coefficient (Wildman–Crippen LogP) is -0.164. The molecule has 0 spiro atoms. The van der Waals surface area contributed by atoms with Crippen molar-refractivity contribution in [1.29, 1.82) is 0 Å². The van der Waals surface area contributed by atoms with Gasteiger partial charge in [0.1, 0.15) is 6.61 Å². The maximum atomic E-state index is 11.4. The van der Waals surface area contributed by atoms with E-state index in [0.29, 0.717) is 12.8 Å². The maximum Gasteiger partial charge on any atom is 0.279 e. The van der Waals surface area contributed by atoms with Gasteiger partial charge in [0.2, 0.25) is 0 Å². The van der Waals surface area contributed by atoms with Crippen LogP contribution in [0.4, 0.5) is 0 Å². The van der Waals surface area contributed by atoms with Gasteiger partial charge in [-0.3, -0.25) is 0 Å². The van der Waals surface area contributed by atoms with E-state index in [-0.39, 0.29) is 18.1 Å². The Morgan fingerprint density at radius 1 is 1.38 bits per heavy atom. The molecule has 2 rings (SSSR count). The fourth-order valence-corrected chi connectivity index (χ4v) is 4.08. The summed E-state index contributed by atoms with van der Waals surface area (Å²) in [5.41, 5.74) is 0. The van der Waals surface area contributed by atoms with Crippen LogP contribution in [0.5, 0.6) is 0 Å². The lowest BCUT2D eigenvalue weighted by molar-refractivity contribution is 0.231. The molecule has 6 nitrogen and oxygen atoms in total. The molecule has 0 aromatic carbocycles. The summed E-state index contributed by atoms with van der Waals surface area (Å²) in [6.07, 6.45) is 2.29. The smallest absolute Gasteiger partial charge is 0.279 e. The normalized spacial score (nSPS) is 30.2. The summed E-state index contributed by atoms with van der Waals surface area (Å²) in [5, 5.41) is 0.360. The van der Waals surface area contributed by atoms with Gasteiger partial charge in [-0.05, 0) is 12.8 Å². The Hall–Kier alpha value is -0.890. The molecular weight excluding hydrogens is 254 g/mol. The number of nitrogens with zero attached hydrogens (tertiary/aromatic N) is 1.